The molecule has 3 heterocycles. The van der Waals surface area contributed by atoms with Crippen molar-refractivity contribution in [3.05, 3.63) is 222 Å². The van der Waals surface area contributed by atoms with Crippen molar-refractivity contribution in [3.63, 3.8) is 0 Å². The van der Waals surface area contributed by atoms with Gasteiger partial charge in [0.05, 0.1) is 16.7 Å². The summed E-state index contributed by atoms with van der Waals surface area (Å²) in [5, 5.41) is 2.21. The maximum Gasteiger partial charge on any atom is 0.268 e. The van der Waals surface area contributed by atoms with E-state index in [1.807, 2.05) is 24.4 Å². The van der Waals surface area contributed by atoms with Gasteiger partial charge in [0, 0.05) is 44.3 Å². The molecule has 0 amide bonds. The van der Waals surface area contributed by atoms with Crippen LogP contribution in [-0.4, -0.2) is 14.1 Å². The number of benzene rings is 8. The van der Waals surface area contributed by atoms with Crippen molar-refractivity contribution in [2.75, 3.05) is 0 Å². The molecule has 11 rings (SSSR count). The van der Waals surface area contributed by atoms with E-state index in [1.165, 1.54) is 33.4 Å². The van der Waals surface area contributed by atoms with Crippen LogP contribution in [0.2, 0.25) is 0 Å². The van der Waals surface area contributed by atoms with Crippen molar-refractivity contribution < 1.29 is 30.4 Å². The van der Waals surface area contributed by atoms with Crippen LogP contribution in [0.25, 0.3) is 83.4 Å². The second-order valence-corrected chi connectivity index (χ2v) is 26.7. The van der Waals surface area contributed by atoms with Crippen molar-refractivity contribution in [3.8, 4) is 62.1 Å². The smallest absolute Gasteiger partial charge is 0.268 e. The Morgan fingerprint density at radius 1 is 0.425 bits per heavy atom. The largest absolute Gasteiger partial charge is 0.510 e. The van der Waals surface area contributed by atoms with Crippen molar-refractivity contribution in [1.29, 1.82) is 0 Å². The Balaban J connectivity index is 0.00000720. The number of ether oxygens (including phenoxy) is 1. The first-order valence-corrected chi connectivity index (χ1v) is 27.9. The molecule has 0 bridgehead atoms. The number of imidazole rings is 1. The first kappa shape index (κ1) is 56.0. The maximum absolute atomic E-state index is 6.84. The van der Waals surface area contributed by atoms with Crippen LogP contribution < -0.4 is 9.30 Å². The number of para-hydroxylation sites is 2. The fourth-order valence-corrected chi connectivity index (χ4v) is 10.8. The number of rotatable bonds is 8. The average molecular weight is 1230 g/mol. The molecule has 0 fully saturated rings. The minimum absolute atomic E-state index is 0. The van der Waals surface area contributed by atoms with Crippen molar-refractivity contribution in [2.24, 2.45) is 0 Å². The van der Waals surface area contributed by atoms with E-state index < -0.39 is 0 Å². The van der Waals surface area contributed by atoms with Crippen LogP contribution in [0.1, 0.15) is 132 Å². The topological polar surface area (TPSA) is 35.9 Å². The average Bonchev–Trinajstić information content (AvgIpc) is 3.96. The molecule has 0 atom stereocenters. The van der Waals surface area contributed by atoms with Crippen molar-refractivity contribution >= 4 is 32.8 Å². The maximum atomic E-state index is 6.84. The quantitative estimate of drug-likeness (QED) is 0.112. The van der Waals surface area contributed by atoms with Gasteiger partial charge in [-0.05, 0) is 124 Å². The molecule has 0 saturated carbocycles. The first-order chi connectivity index (χ1) is 37.3. The zero-order valence-electron chi connectivity index (χ0n) is 49.3. The monoisotopic (exact) mass is 1230 g/mol. The Bertz CT molecular complexity index is 4090. The molecular weight excluding hydrogens is 1160 g/mol. The fraction of sp³-hybridized carbons (Fsp3) is 0.270. The molecule has 0 aliphatic carbocycles. The van der Waals surface area contributed by atoms with E-state index in [-0.39, 0.29) is 48.1 Å². The second kappa shape index (κ2) is 20.6. The predicted molar refractivity (Wildman–Crippen MR) is 330 cm³/mol. The zero-order chi connectivity index (χ0) is 56.0. The van der Waals surface area contributed by atoms with Gasteiger partial charge in [-0.3, -0.25) is 4.57 Å². The molecule has 6 heteroatoms. The molecule has 0 unspecified atom stereocenters. The van der Waals surface area contributed by atoms with Crippen LogP contribution in [0.5, 0.6) is 11.5 Å². The van der Waals surface area contributed by atoms with Crippen LogP contribution in [0.4, 0.5) is 0 Å². The van der Waals surface area contributed by atoms with Gasteiger partial charge in [-0.1, -0.05) is 225 Å². The molecule has 0 radical (unpaired) electrons. The summed E-state index contributed by atoms with van der Waals surface area (Å²) >= 11 is 0. The van der Waals surface area contributed by atoms with Crippen LogP contribution in [-0.2, 0) is 48.1 Å². The molecule has 5 nitrogen and oxygen atoms in total. The molecule has 0 spiro atoms. The molecule has 11 aromatic rings. The third kappa shape index (κ3) is 10.9. The Morgan fingerprint density at radius 2 is 1.01 bits per heavy atom. The van der Waals surface area contributed by atoms with Crippen LogP contribution in [0, 0.1) is 18.5 Å². The Kier molecular flexibility index (Phi) is 14.4. The van der Waals surface area contributed by atoms with Gasteiger partial charge in [-0.2, -0.15) is 18.2 Å². The summed E-state index contributed by atoms with van der Waals surface area (Å²) in [6.07, 6.45) is 5.89. The van der Waals surface area contributed by atoms with E-state index in [0.717, 1.165) is 77.8 Å². The van der Waals surface area contributed by atoms with Crippen LogP contribution in [0.15, 0.2) is 176 Å². The van der Waals surface area contributed by atoms with Crippen molar-refractivity contribution in [2.45, 2.75) is 131 Å². The van der Waals surface area contributed by atoms with Gasteiger partial charge in [-0.15, -0.1) is 29.7 Å². The summed E-state index contributed by atoms with van der Waals surface area (Å²) < 4.78 is 13.5. The second-order valence-electron chi connectivity index (χ2n) is 26.7. The molecule has 8 aromatic carbocycles. The molecule has 408 valence electrons. The van der Waals surface area contributed by atoms with E-state index in [0.29, 0.717) is 11.5 Å². The first-order valence-electron chi connectivity index (χ1n) is 27.9. The Labute approximate surface area is 489 Å². The van der Waals surface area contributed by atoms with Gasteiger partial charge in [0.2, 0.25) is 0 Å². The van der Waals surface area contributed by atoms with E-state index in [1.54, 1.807) is 0 Å². The summed E-state index contributed by atoms with van der Waals surface area (Å²) in [5.74, 6) is 1.99. The number of nitrogens with zero attached hydrogens (tertiary/aromatic N) is 4. The number of hydrogen-bond donors (Lipinski definition) is 0. The van der Waals surface area contributed by atoms with Gasteiger partial charge in [0.1, 0.15) is 5.82 Å². The summed E-state index contributed by atoms with van der Waals surface area (Å²) in [7, 11) is 0. The van der Waals surface area contributed by atoms with E-state index in [2.05, 4.69) is 288 Å². The SMILES string of the molecule is CC(C)(C)c1ccc(-c2ccc3c(c2)n(-c2[c-]c(Oc4[c-]c5c(cc4)c4ccccc4n5-c4cc(C(C)(C)C)ccn4)ccc2)[c-][n+]3-c2c(-c3cccc(C(C)(C)C)c3)cccc2-c2cc(C(C)(C)C)cc(C(C)(C)C)c2)cc1.[Pt]. The van der Waals surface area contributed by atoms with E-state index >= 15 is 0 Å². The Hall–Kier alpha value is -7.33. The van der Waals surface area contributed by atoms with E-state index in [9.17, 15) is 0 Å². The minimum atomic E-state index is -0.0777. The van der Waals surface area contributed by atoms with Gasteiger partial charge in [-0.25, -0.2) is 4.98 Å². The van der Waals surface area contributed by atoms with Gasteiger partial charge >= 0.3 is 0 Å². The molecule has 80 heavy (non-hydrogen) atoms. The number of pyridine rings is 1. The third-order valence-electron chi connectivity index (χ3n) is 15.6. The molecule has 0 N–H and O–H groups in total. The third-order valence-corrected chi connectivity index (χ3v) is 15.6. The predicted octanol–water partition coefficient (Wildman–Crippen LogP) is 19.1. The number of fused-ring (bicyclic) bond motifs is 4. The van der Waals surface area contributed by atoms with Crippen molar-refractivity contribution in [1.82, 2.24) is 14.1 Å². The molecule has 3 aromatic heterocycles. The molecule has 0 aliphatic heterocycles. The normalized spacial score (nSPS) is 12.6. The molecule has 0 saturated heterocycles. The molecule has 0 aliphatic rings. The minimum Gasteiger partial charge on any atom is -0.510 e. The van der Waals surface area contributed by atoms with Crippen LogP contribution >= 0.6 is 0 Å². The standard InChI is InChI=1S/C74H74N4O.Pt/c1-70(2,3)52-32-29-48(30-33-52)49-31-36-65-67(42-49)76(57-23-19-24-58(45-57)79-59-34-35-63-62-25-16-17-28-64(62)78(66(63)46-59)68-44-54(37-38-75-68)72(7,8)9)47-77(65)69-60(50-21-18-22-53(39-50)71(4,5)6)26-20-27-61(69)51-40-55(73(10,11)12)43-56(41-51)74(13,14)15;/h16-44H,1-15H3;/q-2;. The van der Waals surface area contributed by atoms with Crippen LogP contribution in [0.3, 0.4) is 0 Å². The molecular formula is C74H74N4OPt-2. The number of aromatic nitrogens is 4. The van der Waals surface area contributed by atoms with Gasteiger partial charge in [0.15, 0.2) is 0 Å². The summed E-state index contributed by atoms with van der Waals surface area (Å²) in [5.41, 5.74) is 18.8. The van der Waals surface area contributed by atoms with Gasteiger partial charge in [0.25, 0.3) is 6.33 Å². The summed E-state index contributed by atoms with van der Waals surface area (Å²) in [6.45, 7) is 34.2. The number of hydrogen-bond acceptors (Lipinski definition) is 2. The summed E-state index contributed by atoms with van der Waals surface area (Å²) in [6, 6.07) is 69.4. The fourth-order valence-electron chi connectivity index (χ4n) is 10.8. The van der Waals surface area contributed by atoms with Gasteiger partial charge < -0.3 is 13.9 Å². The Morgan fingerprint density at radius 3 is 1.69 bits per heavy atom. The zero-order valence-corrected chi connectivity index (χ0v) is 51.5. The van der Waals surface area contributed by atoms with E-state index in [4.69, 9.17) is 9.72 Å². The summed E-state index contributed by atoms with van der Waals surface area (Å²) in [4.78, 5) is 4.91.